The van der Waals surface area contributed by atoms with Gasteiger partial charge in [-0.1, -0.05) is 0 Å². The van der Waals surface area contributed by atoms with E-state index in [0.717, 1.165) is 5.69 Å². The second kappa shape index (κ2) is 3.45. The molecule has 0 bridgehead atoms. The van der Waals surface area contributed by atoms with E-state index in [0.29, 0.717) is 5.56 Å². The molecule has 1 rings (SSSR count). The minimum absolute atomic E-state index is 0.0412. The summed E-state index contributed by atoms with van der Waals surface area (Å²) < 4.78 is 0. The zero-order chi connectivity index (χ0) is 9.14. The third-order valence-electron chi connectivity index (χ3n) is 1.59. The quantitative estimate of drug-likeness (QED) is 0.661. The van der Waals surface area contributed by atoms with Crippen LogP contribution in [0.2, 0.25) is 0 Å². The molecule has 0 radical (unpaired) electrons. The van der Waals surface area contributed by atoms with Gasteiger partial charge in [0, 0.05) is 17.5 Å². The van der Waals surface area contributed by atoms with Crippen molar-refractivity contribution in [2.24, 2.45) is 5.73 Å². The van der Waals surface area contributed by atoms with Crippen LogP contribution in [-0.4, -0.2) is 16.8 Å². The van der Waals surface area contributed by atoms with Crippen molar-refractivity contribution in [2.75, 3.05) is 0 Å². The number of ketones is 1. The highest BCUT2D eigenvalue weighted by atomic mass is 16.1. The summed E-state index contributed by atoms with van der Waals surface area (Å²) in [5.74, 6) is -0.0412. The summed E-state index contributed by atoms with van der Waals surface area (Å²) in [5.41, 5.74) is 6.92. The number of carbonyl (C=O) groups excluding carboxylic acids is 1. The lowest BCUT2D eigenvalue weighted by molar-refractivity contribution is 0.0968. The molecule has 3 nitrogen and oxygen atoms in total. The number of hydrogen-bond donors (Lipinski definition) is 1. The summed E-state index contributed by atoms with van der Waals surface area (Å²) in [6.45, 7) is 3.52. The summed E-state index contributed by atoms with van der Waals surface area (Å²) >= 11 is 0. The second-order valence-corrected chi connectivity index (χ2v) is 2.84. The van der Waals surface area contributed by atoms with Gasteiger partial charge in [-0.15, -0.1) is 0 Å². The number of nitrogens with zero attached hydrogens (tertiary/aromatic N) is 1. The minimum Gasteiger partial charge on any atom is -0.321 e. The Hall–Kier alpha value is -1.22. The Labute approximate surface area is 71.6 Å². The molecule has 0 aromatic carbocycles. The number of nitrogens with two attached hydrogens (primary N) is 1. The third-order valence-corrected chi connectivity index (χ3v) is 1.59. The van der Waals surface area contributed by atoms with E-state index in [9.17, 15) is 4.79 Å². The Morgan fingerprint density at radius 2 is 2.33 bits per heavy atom. The van der Waals surface area contributed by atoms with Gasteiger partial charge in [-0.3, -0.25) is 9.78 Å². The molecule has 0 aliphatic heterocycles. The first kappa shape index (κ1) is 8.87. The highest BCUT2D eigenvalue weighted by Gasteiger charge is 2.09. The van der Waals surface area contributed by atoms with E-state index in [1.165, 1.54) is 0 Å². The molecule has 0 aliphatic carbocycles. The Bertz CT molecular complexity index is 294. The molecule has 0 fully saturated rings. The fourth-order valence-electron chi connectivity index (χ4n) is 0.962. The van der Waals surface area contributed by atoms with Crippen molar-refractivity contribution in [1.29, 1.82) is 0 Å². The molecule has 0 saturated carbocycles. The maximum Gasteiger partial charge on any atom is 0.179 e. The smallest absolute Gasteiger partial charge is 0.179 e. The summed E-state index contributed by atoms with van der Waals surface area (Å²) in [6, 6.07) is 2.98. The molecule has 0 aliphatic rings. The van der Waals surface area contributed by atoms with E-state index in [1.807, 2.05) is 6.92 Å². The topological polar surface area (TPSA) is 56.0 Å². The number of hydrogen-bond acceptors (Lipinski definition) is 3. The van der Waals surface area contributed by atoms with E-state index in [4.69, 9.17) is 5.73 Å². The van der Waals surface area contributed by atoms with Crippen LogP contribution in [0, 0.1) is 6.92 Å². The van der Waals surface area contributed by atoms with Gasteiger partial charge in [0.2, 0.25) is 0 Å². The lowest BCUT2D eigenvalue weighted by Gasteiger charge is -2.03. The number of rotatable bonds is 2. The van der Waals surface area contributed by atoms with Crippen LogP contribution in [0.25, 0.3) is 0 Å². The fraction of sp³-hybridized carbons (Fsp3) is 0.333. The molecule has 2 N–H and O–H groups in total. The van der Waals surface area contributed by atoms with Gasteiger partial charge in [-0.2, -0.15) is 0 Å². The van der Waals surface area contributed by atoms with Gasteiger partial charge in [-0.25, -0.2) is 0 Å². The van der Waals surface area contributed by atoms with E-state index < -0.39 is 6.04 Å². The molecule has 64 valence electrons. The molecule has 0 amide bonds. The Morgan fingerprint density at radius 3 is 2.83 bits per heavy atom. The standard InChI is InChI=1S/C9H12N2O/c1-6-5-8(3-4-11-6)9(12)7(2)10/h3-5,7H,10H2,1-2H3. The lowest BCUT2D eigenvalue weighted by atomic mass is 10.1. The molecule has 12 heavy (non-hydrogen) atoms. The normalized spacial score (nSPS) is 12.6. The van der Waals surface area contributed by atoms with Crippen molar-refractivity contribution in [1.82, 2.24) is 4.98 Å². The number of aryl methyl sites for hydroxylation is 1. The van der Waals surface area contributed by atoms with Crippen LogP contribution in [0.4, 0.5) is 0 Å². The first-order chi connectivity index (χ1) is 5.61. The van der Waals surface area contributed by atoms with E-state index in [1.54, 1.807) is 25.3 Å². The van der Waals surface area contributed by atoms with Crippen LogP contribution in [-0.2, 0) is 0 Å². The van der Waals surface area contributed by atoms with Crippen molar-refractivity contribution in [3.05, 3.63) is 29.6 Å². The molecule has 0 spiro atoms. The number of carbonyl (C=O) groups is 1. The van der Waals surface area contributed by atoms with Gasteiger partial charge in [0.1, 0.15) is 0 Å². The first-order valence-corrected chi connectivity index (χ1v) is 3.83. The van der Waals surface area contributed by atoms with Crippen LogP contribution in [0.1, 0.15) is 23.0 Å². The molecule has 1 atom stereocenters. The van der Waals surface area contributed by atoms with Crippen molar-refractivity contribution < 1.29 is 4.79 Å². The van der Waals surface area contributed by atoms with E-state index >= 15 is 0 Å². The number of aromatic nitrogens is 1. The summed E-state index contributed by atoms with van der Waals surface area (Å²) in [7, 11) is 0. The van der Waals surface area contributed by atoms with Gasteiger partial charge in [0.05, 0.1) is 6.04 Å². The average molecular weight is 164 g/mol. The Balaban J connectivity index is 2.96. The number of pyridine rings is 1. The van der Waals surface area contributed by atoms with Crippen molar-refractivity contribution >= 4 is 5.78 Å². The monoisotopic (exact) mass is 164 g/mol. The molecule has 3 heteroatoms. The van der Waals surface area contributed by atoms with Gasteiger partial charge in [-0.05, 0) is 26.0 Å². The first-order valence-electron chi connectivity index (χ1n) is 3.83. The summed E-state index contributed by atoms with van der Waals surface area (Å²) in [4.78, 5) is 15.3. The van der Waals surface area contributed by atoms with Crippen LogP contribution >= 0.6 is 0 Å². The molecule has 1 aromatic heterocycles. The van der Waals surface area contributed by atoms with Crippen LogP contribution < -0.4 is 5.73 Å². The van der Waals surface area contributed by atoms with Crippen LogP contribution in [0.5, 0.6) is 0 Å². The third kappa shape index (κ3) is 1.89. The summed E-state index contributed by atoms with van der Waals surface area (Å²) in [5, 5.41) is 0. The van der Waals surface area contributed by atoms with Gasteiger partial charge >= 0.3 is 0 Å². The van der Waals surface area contributed by atoms with Gasteiger partial charge in [0.15, 0.2) is 5.78 Å². The van der Waals surface area contributed by atoms with Crippen molar-refractivity contribution in [3.8, 4) is 0 Å². The molecular weight excluding hydrogens is 152 g/mol. The predicted octanol–water partition coefficient (Wildman–Crippen LogP) is 0.920. The molecule has 0 saturated heterocycles. The molecular formula is C9H12N2O. The molecule has 1 aromatic rings. The van der Waals surface area contributed by atoms with Gasteiger partial charge < -0.3 is 5.73 Å². The Kier molecular flexibility index (Phi) is 2.55. The maximum absolute atomic E-state index is 11.3. The van der Waals surface area contributed by atoms with Crippen LogP contribution in [0.3, 0.4) is 0 Å². The van der Waals surface area contributed by atoms with Crippen LogP contribution in [0.15, 0.2) is 18.3 Å². The van der Waals surface area contributed by atoms with Crippen molar-refractivity contribution in [2.45, 2.75) is 19.9 Å². The highest BCUT2D eigenvalue weighted by molar-refractivity contribution is 5.99. The highest BCUT2D eigenvalue weighted by Crippen LogP contribution is 2.03. The second-order valence-electron chi connectivity index (χ2n) is 2.84. The fourth-order valence-corrected chi connectivity index (χ4v) is 0.962. The predicted molar refractivity (Wildman–Crippen MR) is 47.0 cm³/mol. The van der Waals surface area contributed by atoms with Crippen molar-refractivity contribution in [3.63, 3.8) is 0 Å². The largest absolute Gasteiger partial charge is 0.321 e. The SMILES string of the molecule is Cc1cc(C(=O)C(C)N)ccn1. The zero-order valence-corrected chi connectivity index (χ0v) is 7.24. The maximum atomic E-state index is 11.3. The summed E-state index contributed by atoms with van der Waals surface area (Å²) in [6.07, 6.45) is 1.62. The Morgan fingerprint density at radius 1 is 1.67 bits per heavy atom. The molecule has 1 heterocycles. The lowest BCUT2D eigenvalue weighted by Crippen LogP contribution is -2.26. The molecule has 1 unspecified atom stereocenters. The van der Waals surface area contributed by atoms with E-state index in [2.05, 4.69) is 4.98 Å². The minimum atomic E-state index is -0.438. The van der Waals surface area contributed by atoms with E-state index in [-0.39, 0.29) is 5.78 Å². The van der Waals surface area contributed by atoms with Gasteiger partial charge in [0.25, 0.3) is 0 Å². The zero-order valence-electron chi connectivity index (χ0n) is 7.24. The average Bonchev–Trinajstić information content (AvgIpc) is 2.03. The number of Topliss-reactive ketones (excluding diaryl/α,β-unsaturated/α-hetero) is 1.